The fourth-order valence-electron chi connectivity index (χ4n) is 2.20. The molecule has 6 nitrogen and oxygen atoms in total. The Morgan fingerprint density at radius 3 is 2.58 bits per heavy atom. The van der Waals surface area contributed by atoms with E-state index in [2.05, 4.69) is 11.2 Å². The van der Waals surface area contributed by atoms with E-state index in [-0.39, 0.29) is 6.61 Å². The van der Waals surface area contributed by atoms with Crippen molar-refractivity contribution in [2.45, 2.75) is 13.8 Å². The number of carbonyl (C=O) groups is 2. The molecule has 0 spiro atoms. The van der Waals surface area contributed by atoms with Crippen LogP contribution in [0.2, 0.25) is 0 Å². The number of rotatable bonds is 5. The molecular weight excluding hydrogens is 332 g/mol. The molecule has 1 N–H and O–H groups in total. The van der Waals surface area contributed by atoms with Gasteiger partial charge in [-0.3, -0.25) is 10.2 Å². The third kappa shape index (κ3) is 5.28. The van der Waals surface area contributed by atoms with Crippen molar-refractivity contribution in [1.29, 1.82) is 0 Å². The average Bonchev–Trinajstić information content (AvgIpc) is 2.62. The van der Waals surface area contributed by atoms with E-state index in [9.17, 15) is 9.59 Å². The summed E-state index contributed by atoms with van der Waals surface area (Å²) in [6, 6.07) is 14.0. The van der Waals surface area contributed by atoms with Crippen LogP contribution in [0.4, 0.5) is 21.0 Å². The molecule has 2 aromatic rings. The predicted octanol–water partition coefficient (Wildman–Crippen LogP) is 4.20. The number of aryl methyl sites for hydroxylation is 1. The Labute approximate surface area is 152 Å². The lowest BCUT2D eigenvalue weighted by Gasteiger charge is -2.20. The van der Waals surface area contributed by atoms with Crippen LogP contribution >= 0.6 is 0 Å². The largest absolute Gasteiger partial charge is 0.436 e. The fraction of sp³-hybridized carbons (Fsp3) is 0.200. The van der Waals surface area contributed by atoms with Crippen molar-refractivity contribution >= 4 is 23.6 Å². The summed E-state index contributed by atoms with van der Waals surface area (Å²) >= 11 is 0. The second kappa shape index (κ2) is 9.14. The van der Waals surface area contributed by atoms with Crippen molar-refractivity contribution in [3.63, 3.8) is 0 Å². The van der Waals surface area contributed by atoms with Gasteiger partial charge in [0, 0.05) is 24.0 Å². The molecular formula is C20H20N2O4. The van der Waals surface area contributed by atoms with Crippen LogP contribution in [-0.2, 0) is 4.74 Å². The zero-order valence-corrected chi connectivity index (χ0v) is 14.7. The maximum Gasteiger partial charge on any atom is 0.419 e. The normalized spacial score (nSPS) is 9.73. The molecule has 2 rings (SSSR count). The first-order valence-electron chi connectivity index (χ1n) is 8.06. The molecule has 0 saturated carbocycles. The van der Waals surface area contributed by atoms with Crippen molar-refractivity contribution in [2.75, 3.05) is 23.4 Å². The summed E-state index contributed by atoms with van der Waals surface area (Å²) < 4.78 is 10.2. The number of carbonyl (C=O) groups excluding carboxylic acids is 2. The molecule has 6 heteroatoms. The monoisotopic (exact) mass is 352 g/mol. The fourth-order valence-corrected chi connectivity index (χ4v) is 2.20. The molecule has 0 bridgehead atoms. The molecule has 0 aromatic heterocycles. The zero-order chi connectivity index (χ0) is 18.9. The van der Waals surface area contributed by atoms with Crippen molar-refractivity contribution in [3.8, 4) is 18.1 Å². The van der Waals surface area contributed by atoms with Crippen molar-refractivity contribution in [3.05, 3.63) is 54.1 Å². The SMILES string of the molecule is C#CCOC(=O)Nc1cccc(OC(=O)N(CC)c2ccc(C)cc2)c1. The van der Waals surface area contributed by atoms with Crippen LogP contribution in [0.1, 0.15) is 12.5 Å². The van der Waals surface area contributed by atoms with Gasteiger partial charge in [-0.1, -0.05) is 29.7 Å². The van der Waals surface area contributed by atoms with Crippen LogP contribution < -0.4 is 15.0 Å². The second-order valence-electron chi connectivity index (χ2n) is 5.38. The van der Waals surface area contributed by atoms with Crippen LogP contribution in [0.3, 0.4) is 0 Å². The van der Waals surface area contributed by atoms with Gasteiger partial charge in [0.25, 0.3) is 0 Å². The van der Waals surface area contributed by atoms with E-state index >= 15 is 0 Å². The lowest BCUT2D eigenvalue weighted by Crippen LogP contribution is -2.33. The Balaban J connectivity index is 2.06. The summed E-state index contributed by atoms with van der Waals surface area (Å²) in [6.07, 6.45) is 3.84. The third-order valence-electron chi connectivity index (χ3n) is 3.45. The van der Waals surface area contributed by atoms with Gasteiger partial charge in [0.1, 0.15) is 5.75 Å². The molecule has 26 heavy (non-hydrogen) atoms. The Morgan fingerprint density at radius 1 is 1.19 bits per heavy atom. The van der Waals surface area contributed by atoms with Gasteiger partial charge >= 0.3 is 12.2 Å². The van der Waals surface area contributed by atoms with Gasteiger partial charge in [-0.2, -0.15) is 0 Å². The molecule has 0 aliphatic rings. The van der Waals surface area contributed by atoms with E-state index in [4.69, 9.17) is 15.9 Å². The highest BCUT2D eigenvalue weighted by Gasteiger charge is 2.16. The maximum absolute atomic E-state index is 12.5. The minimum absolute atomic E-state index is 0.123. The summed E-state index contributed by atoms with van der Waals surface area (Å²) in [5.41, 5.74) is 2.28. The molecule has 0 unspecified atom stereocenters. The third-order valence-corrected chi connectivity index (χ3v) is 3.45. The van der Waals surface area contributed by atoms with Gasteiger partial charge in [0.15, 0.2) is 6.61 Å². The first-order chi connectivity index (χ1) is 12.5. The number of anilines is 2. The molecule has 0 saturated heterocycles. The molecule has 0 fully saturated rings. The summed E-state index contributed by atoms with van der Waals surface area (Å²) in [7, 11) is 0. The van der Waals surface area contributed by atoms with Gasteiger partial charge < -0.3 is 9.47 Å². The number of hydrogen-bond acceptors (Lipinski definition) is 4. The summed E-state index contributed by atoms with van der Waals surface area (Å²) in [6.45, 7) is 4.17. The Hall–Kier alpha value is -3.46. The summed E-state index contributed by atoms with van der Waals surface area (Å²) in [5.74, 6) is 2.50. The van der Waals surface area contributed by atoms with Crippen molar-refractivity contribution in [2.24, 2.45) is 0 Å². The van der Waals surface area contributed by atoms with Crippen LogP contribution in [0.5, 0.6) is 5.75 Å². The minimum atomic E-state index is -0.679. The molecule has 2 aromatic carbocycles. The lowest BCUT2D eigenvalue weighted by atomic mass is 10.2. The Kier molecular flexibility index (Phi) is 6.63. The van der Waals surface area contributed by atoms with E-state index in [0.29, 0.717) is 18.0 Å². The number of hydrogen-bond donors (Lipinski definition) is 1. The number of nitrogens with zero attached hydrogens (tertiary/aromatic N) is 1. The number of terminal acetylenes is 1. The van der Waals surface area contributed by atoms with Gasteiger partial charge in [0.05, 0.1) is 0 Å². The van der Waals surface area contributed by atoms with Crippen LogP contribution in [0, 0.1) is 19.3 Å². The van der Waals surface area contributed by atoms with E-state index in [1.165, 1.54) is 11.0 Å². The zero-order valence-electron chi connectivity index (χ0n) is 14.7. The molecule has 0 heterocycles. The van der Waals surface area contributed by atoms with Gasteiger partial charge in [-0.05, 0) is 38.1 Å². The van der Waals surface area contributed by atoms with Crippen LogP contribution in [-0.4, -0.2) is 25.3 Å². The number of nitrogens with one attached hydrogen (secondary N) is 1. The average molecular weight is 352 g/mol. The minimum Gasteiger partial charge on any atom is -0.436 e. The Morgan fingerprint density at radius 2 is 1.92 bits per heavy atom. The highest BCUT2D eigenvalue weighted by molar-refractivity contribution is 5.89. The first-order valence-corrected chi connectivity index (χ1v) is 8.06. The highest BCUT2D eigenvalue weighted by atomic mass is 16.6. The smallest absolute Gasteiger partial charge is 0.419 e. The first kappa shape index (κ1) is 18.9. The molecule has 2 amide bonds. The molecule has 0 aliphatic carbocycles. The highest BCUT2D eigenvalue weighted by Crippen LogP contribution is 2.21. The van der Waals surface area contributed by atoms with E-state index < -0.39 is 12.2 Å². The summed E-state index contributed by atoms with van der Waals surface area (Å²) in [5, 5.41) is 2.51. The quantitative estimate of drug-likeness (QED) is 0.819. The predicted molar refractivity (Wildman–Crippen MR) is 100 cm³/mol. The van der Waals surface area contributed by atoms with E-state index in [1.54, 1.807) is 18.2 Å². The van der Waals surface area contributed by atoms with Crippen molar-refractivity contribution < 1.29 is 19.1 Å². The standard InChI is InChI=1S/C20H20N2O4/c1-4-13-25-19(23)21-16-7-6-8-18(14-16)26-20(24)22(5-2)17-11-9-15(3)10-12-17/h1,6-12,14H,5,13H2,2-3H3,(H,21,23). The maximum atomic E-state index is 12.5. The Bertz CT molecular complexity index is 809. The number of ether oxygens (including phenoxy) is 2. The van der Waals surface area contributed by atoms with E-state index in [0.717, 1.165) is 11.3 Å². The molecule has 0 atom stereocenters. The van der Waals surface area contributed by atoms with Crippen molar-refractivity contribution in [1.82, 2.24) is 0 Å². The lowest BCUT2D eigenvalue weighted by molar-refractivity contribution is 0.176. The number of benzene rings is 2. The van der Waals surface area contributed by atoms with Gasteiger partial charge in [-0.25, -0.2) is 9.59 Å². The second-order valence-corrected chi connectivity index (χ2v) is 5.38. The van der Waals surface area contributed by atoms with Crippen LogP contribution in [0.25, 0.3) is 0 Å². The van der Waals surface area contributed by atoms with Gasteiger partial charge in [0.2, 0.25) is 0 Å². The van der Waals surface area contributed by atoms with Gasteiger partial charge in [-0.15, -0.1) is 6.42 Å². The number of amides is 2. The molecule has 0 aliphatic heterocycles. The molecule has 0 radical (unpaired) electrons. The molecule has 134 valence electrons. The topological polar surface area (TPSA) is 67.9 Å². The summed E-state index contributed by atoms with van der Waals surface area (Å²) in [4.78, 5) is 25.5. The van der Waals surface area contributed by atoms with E-state index in [1.807, 2.05) is 38.1 Å². The van der Waals surface area contributed by atoms with Crippen LogP contribution in [0.15, 0.2) is 48.5 Å².